The fourth-order valence-electron chi connectivity index (χ4n) is 4.38. The Labute approximate surface area is 257 Å². The Morgan fingerprint density at radius 3 is 1.26 bits per heavy atom. The van der Waals surface area contributed by atoms with Gasteiger partial charge in [0.05, 0.1) is 33.6 Å². The fraction of sp³-hybridized carbons (Fsp3) is 0. The van der Waals surface area contributed by atoms with E-state index in [0.717, 1.165) is 19.4 Å². The molecule has 0 heterocycles. The number of anilines is 4. The van der Waals surface area contributed by atoms with E-state index in [1.807, 2.05) is 36.4 Å². The molecule has 43 heavy (non-hydrogen) atoms. The maximum Gasteiger partial charge on any atom is 0.261 e. The number of rotatable bonds is 10. The van der Waals surface area contributed by atoms with Crippen molar-refractivity contribution in [2.75, 3.05) is 8.61 Å². The molecule has 0 spiro atoms. The molecular formula is C34H27ClN2O4S2. The second-order valence-electron chi connectivity index (χ2n) is 9.35. The van der Waals surface area contributed by atoms with Crippen LogP contribution in [-0.2, 0) is 20.0 Å². The van der Waals surface area contributed by atoms with Gasteiger partial charge in [-0.25, -0.2) is 25.4 Å². The summed E-state index contributed by atoms with van der Waals surface area (Å²) >= 11 is 6.46. The molecule has 9 heteroatoms. The molecule has 0 amide bonds. The minimum absolute atomic E-state index is 0.0527. The van der Waals surface area contributed by atoms with E-state index in [1.165, 1.54) is 30.4 Å². The van der Waals surface area contributed by atoms with Crippen LogP contribution in [0.5, 0.6) is 0 Å². The molecule has 0 aromatic heterocycles. The summed E-state index contributed by atoms with van der Waals surface area (Å²) in [6.45, 7) is 0. The highest BCUT2D eigenvalue weighted by Gasteiger charge is 2.31. The number of para-hydroxylation sites is 2. The summed E-state index contributed by atoms with van der Waals surface area (Å²) in [5.41, 5.74) is 2.13. The first kappa shape index (κ1) is 29.8. The van der Waals surface area contributed by atoms with Crippen LogP contribution in [0.3, 0.4) is 0 Å². The summed E-state index contributed by atoms with van der Waals surface area (Å²) in [5.74, 6) is 0. The normalized spacial score (nSPS) is 12.0. The molecule has 0 fully saturated rings. The third-order valence-electron chi connectivity index (χ3n) is 6.33. The van der Waals surface area contributed by atoms with Gasteiger partial charge in [0.2, 0.25) is 0 Å². The molecule has 0 radical (unpaired) electrons. The van der Waals surface area contributed by atoms with Crippen molar-refractivity contribution in [2.45, 2.75) is 0 Å². The first-order valence-electron chi connectivity index (χ1n) is 13.2. The van der Waals surface area contributed by atoms with Crippen molar-refractivity contribution >= 4 is 66.5 Å². The Balaban J connectivity index is 1.72. The molecule has 5 rings (SSSR count). The van der Waals surface area contributed by atoms with E-state index in [-0.39, 0.29) is 16.4 Å². The summed E-state index contributed by atoms with van der Waals surface area (Å²) in [6, 6.07) is 39.5. The first-order chi connectivity index (χ1) is 20.7. The van der Waals surface area contributed by atoms with E-state index in [2.05, 4.69) is 0 Å². The van der Waals surface area contributed by atoms with E-state index in [0.29, 0.717) is 22.5 Å². The highest BCUT2D eigenvalue weighted by Crippen LogP contribution is 2.43. The van der Waals surface area contributed by atoms with Crippen LogP contribution in [0.4, 0.5) is 22.7 Å². The summed E-state index contributed by atoms with van der Waals surface area (Å²) in [4.78, 5) is 0. The molecule has 0 saturated carbocycles. The zero-order chi connectivity index (χ0) is 30.3. The Hall–Kier alpha value is -4.63. The van der Waals surface area contributed by atoms with Crippen molar-refractivity contribution in [1.82, 2.24) is 0 Å². The minimum Gasteiger partial charge on any atom is -0.233 e. The lowest BCUT2D eigenvalue weighted by atomic mass is 10.2. The van der Waals surface area contributed by atoms with E-state index < -0.39 is 20.0 Å². The van der Waals surface area contributed by atoms with Gasteiger partial charge in [0, 0.05) is 5.02 Å². The molecule has 0 aliphatic carbocycles. The van der Waals surface area contributed by atoms with Gasteiger partial charge in [-0.3, -0.25) is 0 Å². The topological polar surface area (TPSA) is 74.8 Å². The van der Waals surface area contributed by atoms with Gasteiger partial charge in [0.25, 0.3) is 20.0 Å². The fourth-order valence-corrected chi connectivity index (χ4v) is 7.13. The average Bonchev–Trinajstić information content (AvgIpc) is 3.02. The molecule has 0 saturated heterocycles. The van der Waals surface area contributed by atoms with Crippen LogP contribution >= 0.6 is 11.6 Å². The summed E-state index contributed by atoms with van der Waals surface area (Å²) in [7, 11) is -8.44. The number of hydrogen-bond donors (Lipinski definition) is 0. The van der Waals surface area contributed by atoms with E-state index in [9.17, 15) is 16.8 Å². The molecule has 0 aliphatic rings. The van der Waals surface area contributed by atoms with Crippen LogP contribution in [0, 0.1) is 0 Å². The summed E-state index contributed by atoms with van der Waals surface area (Å²) in [5, 5.41) is 2.42. The maximum absolute atomic E-state index is 14.1. The van der Waals surface area contributed by atoms with Gasteiger partial charge in [-0.15, -0.1) is 0 Å². The van der Waals surface area contributed by atoms with Crippen LogP contribution in [-0.4, -0.2) is 16.8 Å². The van der Waals surface area contributed by atoms with Crippen LogP contribution in [0.15, 0.2) is 150 Å². The lowest BCUT2D eigenvalue weighted by Gasteiger charge is -2.30. The van der Waals surface area contributed by atoms with Crippen LogP contribution < -0.4 is 8.61 Å². The largest absolute Gasteiger partial charge is 0.261 e. The van der Waals surface area contributed by atoms with Crippen molar-refractivity contribution in [1.29, 1.82) is 0 Å². The molecule has 0 aliphatic heterocycles. The Kier molecular flexibility index (Phi) is 9.11. The molecule has 0 bridgehead atoms. The Morgan fingerprint density at radius 1 is 0.465 bits per heavy atom. The zero-order valence-electron chi connectivity index (χ0n) is 22.8. The molecule has 5 aromatic carbocycles. The molecule has 6 nitrogen and oxygen atoms in total. The second kappa shape index (κ2) is 13.1. The summed E-state index contributed by atoms with van der Waals surface area (Å²) < 4.78 is 58.6. The third-order valence-corrected chi connectivity index (χ3v) is 9.36. The summed E-state index contributed by atoms with van der Waals surface area (Å²) in [6.07, 6.45) is 2.99. The lowest BCUT2D eigenvalue weighted by Crippen LogP contribution is -2.29. The number of sulfonamides is 2. The van der Waals surface area contributed by atoms with Crippen LogP contribution in [0.25, 0.3) is 12.2 Å². The highest BCUT2D eigenvalue weighted by molar-refractivity contribution is 7.96. The molecule has 0 N–H and O–H groups in total. The van der Waals surface area contributed by atoms with Crippen LogP contribution in [0.1, 0.15) is 11.1 Å². The van der Waals surface area contributed by atoms with Gasteiger partial charge in [-0.2, -0.15) is 0 Å². The lowest BCUT2D eigenvalue weighted by molar-refractivity contribution is 0.602. The standard InChI is InChI=1S/C34H27ClN2O4S2/c35-30-21-22-33(36(31-17-9-3-10-18-31)42(38,39)25-23-28-13-5-1-6-14-28)34(27-30)37(32-19-11-4-12-20-32)43(40,41)26-24-29-15-7-2-8-16-29/h1-27H. The van der Waals surface area contributed by atoms with Gasteiger partial charge in [0.1, 0.15) is 0 Å². The molecule has 0 unspecified atom stereocenters. The van der Waals surface area contributed by atoms with Gasteiger partial charge in [0.15, 0.2) is 0 Å². The number of benzene rings is 5. The average molecular weight is 627 g/mol. The first-order valence-corrected chi connectivity index (χ1v) is 16.6. The zero-order valence-corrected chi connectivity index (χ0v) is 25.2. The third kappa shape index (κ3) is 7.24. The Bertz CT molecular complexity index is 1950. The van der Waals surface area contributed by atoms with E-state index >= 15 is 0 Å². The SMILES string of the molecule is O=S(=O)(C=Cc1ccccc1)N(c1ccccc1)c1ccc(Cl)cc1N(c1ccccc1)S(=O)(=O)C=Cc1ccccc1. The maximum atomic E-state index is 14.1. The monoisotopic (exact) mass is 626 g/mol. The predicted molar refractivity (Wildman–Crippen MR) is 177 cm³/mol. The second-order valence-corrected chi connectivity index (χ2v) is 13.1. The van der Waals surface area contributed by atoms with Gasteiger partial charge >= 0.3 is 0 Å². The predicted octanol–water partition coefficient (Wildman–Crippen LogP) is 8.62. The van der Waals surface area contributed by atoms with E-state index in [1.54, 1.807) is 84.9 Å². The van der Waals surface area contributed by atoms with Crippen molar-refractivity contribution in [3.63, 3.8) is 0 Å². The van der Waals surface area contributed by atoms with Crippen molar-refractivity contribution < 1.29 is 16.8 Å². The Morgan fingerprint density at radius 2 is 0.837 bits per heavy atom. The minimum atomic E-state index is -4.23. The van der Waals surface area contributed by atoms with Gasteiger partial charge in [-0.05, 0) is 65.7 Å². The molecule has 5 aromatic rings. The quantitative estimate of drug-likeness (QED) is 0.156. The van der Waals surface area contributed by atoms with Crippen LogP contribution in [0.2, 0.25) is 5.02 Å². The number of halogens is 1. The molecule has 0 atom stereocenters. The van der Waals surface area contributed by atoms with Gasteiger partial charge in [-0.1, -0.05) is 109 Å². The number of hydrogen-bond acceptors (Lipinski definition) is 4. The van der Waals surface area contributed by atoms with Crippen molar-refractivity contribution in [2.24, 2.45) is 0 Å². The van der Waals surface area contributed by atoms with Crippen molar-refractivity contribution in [3.05, 3.63) is 166 Å². The van der Waals surface area contributed by atoms with Gasteiger partial charge < -0.3 is 0 Å². The van der Waals surface area contributed by atoms with E-state index in [4.69, 9.17) is 11.6 Å². The van der Waals surface area contributed by atoms with Crippen molar-refractivity contribution in [3.8, 4) is 0 Å². The molecular weight excluding hydrogens is 600 g/mol. The molecule has 216 valence electrons. The smallest absolute Gasteiger partial charge is 0.233 e. The highest BCUT2D eigenvalue weighted by atomic mass is 35.5. The number of nitrogens with zero attached hydrogens (tertiary/aromatic N) is 2.